The van der Waals surface area contributed by atoms with Crippen LogP contribution in [0, 0.1) is 5.41 Å². The molecule has 114 valence electrons. The third-order valence-corrected chi connectivity index (χ3v) is 3.85. The minimum atomic E-state index is -0.382. The van der Waals surface area contributed by atoms with Crippen molar-refractivity contribution in [3.05, 3.63) is 18.2 Å². The Morgan fingerprint density at radius 3 is 2.71 bits per heavy atom. The first kappa shape index (κ1) is 15.4. The van der Waals surface area contributed by atoms with Gasteiger partial charge in [-0.15, -0.1) is 5.10 Å². The number of carbonyl (C=O) groups is 1. The number of carbonyl (C=O) groups excluding carboxylic acids is 1. The zero-order valence-corrected chi connectivity index (χ0v) is 13.4. The maximum atomic E-state index is 12.3. The predicted molar refractivity (Wildman–Crippen MR) is 84.6 cm³/mol. The van der Waals surface area contributed by atoms with Crippen molar-refractivity contribution >= 4 is 22.5 Å². The molecule has 2 aromatic rings. The molecule has 0 radical (unpaired) electrons. The van der Waals surface area contributed by atoms with E-state index in [1.165, 1.54) is 0 Å². The standard InChI is InChI=1S/C16H23N3O2/c1-6-16(3,4)15(20)17-11-8-9-13-12(10-11)14(21-7-2)18-19(13)5/h8-10H,6-7H2,1-5H3,(H,17,20). The first-order chi connectivity index (χ1) is 9.89. The monoisotopic (exact) mass is 289 g/mol. The number of hydrogen-bond acceptors (Lipinski definition) is 3. The van der Waals surface area contributed by atoms with Crippen molar-refractivity contribution in [2.75, 3.05) is 11.9 Å². The highest BCUT2D eigenvalue weighted by Crippen LogP contribution is 2.29. The fraction of sp³-hybridized carbons (Fsp3) is 0.500. The molecule has 0 saturated carbocycles. The van der Waals surface area contributed by atoms with Crippen LogP contribution in [-0.4, -0.2) is 22.3 Å². The van der Waals surface area contributed by atoms with E-state index < -0.39 is 0 Å². The Balaban J connectivity index is 2.34. The molecule has 2 rings (SSSR count). The van der Waals surface area contributed by atoms with Crippen molar-refractivity contribution in [1.29, 1.82) is 0 Å². The second kappa shape index (κ2) is 5.76. The Labute approximate surface area is 125 Å². The van der Waals surface area contributed by atoms with Gasteiger partial charge < -0.3 is 10.1 Å². The lowest BCUT2D eigenvalue weighted by molar-refractivity contribution is -0.124. The van der Waals surface area contributed by atoms with E-state index in [4.69, 9.17) is 4.74 Å². The molecule has 0 saturated heterocycles. The number of rotatable bonds is 5. The average Bonchev–Trinajstić information content (AvgIpc) is 2.75. The Bertz CT molecular complexity index is 659. The molecule has 0 bridgehead atoms. The summed E-state index contributed by atoms with van der Waals surface area (Å²) in [6, 6.07) is 5.75. The summed E-state index contributed by atoms with van der Waals surface area (Å²) in [5, 5.41) is 8.23. The second-order valence-electron chi connectivity index (χ2n) is 5.79. The van der Waals surface area contributed by atoms with E-state index >= 15 is 0 Å². The first-order valence-electron chi connectivity index (χ1n) is 7.30. The van der Waals surface area contributed by atoms with Crippen LogP contribution in [0.3, 0.4) is 0 Å². The van der Waals surface area contributed by atoms with Gasteiger partial charge in [-0.1, -0.05) is 20.8 Å². The number of ether oxygens (including phenoxy) is 1. The maximum absolute atomic E-state index is 12.3. The van der Waals surface area contributed by atoms with E-state index in [1.54, 1.807) is 4.68 Å². The van der Waals surface area contributed by atoms with Crippen molar-refractivity contribution in [3.8, 4) is 5.88 Å². The summed E-state index contributed by atoms with van der Waals surface area (Å²) in [5.74, 6) is 0.618. The van der Waals surface area contributed by atoms with Gasteiger partial charge in [0.15, 0.2) is 0 Å². The highest BCUT2D eigenvalue weighted by atomic mass is 16.5. The summed E-state index contributed by atoms with van der Waals surface area (Å²) in [6.07, 6.45) is 0.790. The van der Waals surface area contributed by atoms with Crippen LogP contribution in [0.25, 0.3) is 10.9 Å². The number of fused-ring (bicyclic) bond motifs is 1. The van der Waals surface area contributed by atoms with Gasteiger partial charge in [-0.25, -0.2) is 0 Å². The number of anilines is 1. The van der Waals surface area contributed by atoms with Crippen molar-refractivity contribution in [1.82, 2.24) is 9.78 Å². The van der Waals surface area contributed by atoms with Crippen LogP contribution in [0.15, 0.2) is 18.2 Å². The van der Waals surface area contributed by atoms with Crippen molar-refractivity contribution in [2.45, 2.75) is 34.1 Å². The van der Waals surface area contributed by atoms with Crippen LogP contribution in [0.4, 0.5) is 5.69 Å². The van der Waals surface area contributed by atoms with Crippen molar-refractivity contribution in [2.24, 2.45) is 12.5 Å². The van der Waals surface area contributed by atoms with Gasteiger partial charge in [0, 0.05) is 18.2 Å². The molecule has 0 unspecified atom stereocenters. The van der Waals surface area contributed by atoms with Crippen molar-refractivity contribution in [3.63, 3.8) is 0 Å². The van der Waals surface area contributed by atoms with E-state index in [2.05, 4.69) is 10.4 Å². The molecule has 0 aliphatic heterocycles. The highest BCUT2D eigenvalue weighted by Gasteiger charge is 2.25. The number of hydrogen-bond donors (Lipinski definition) is 1. The van der Waals surface area contributed by atoms with Gasteiger partial charge in [0.2, 0.25) is 11.8 Å². The number of nitrogens with one attached hydrogen (secondary N) is 1. The van der Waals surface area contributed by atoms with Gasteiger partial charge in [-0.2, -0.15) is 0 Å². The van der Waals surface area contributed by atoms with E-state index in [-0.39, 0.29) is 11.3 Å². The molecular formula is C16H23N3O2. The molecule has 1 heterocycles. The fourth-order valence-corrected chi connectivity index (χ4v) is 2.02. The quantitative estimate of drug-likeness (QED) is 0.918. The normalized spacial score (nSPS) is 11.7. The third-order valence-electron chi connectivity index (χ3n) is 3.85. The molecule has 0 spiro atoms. The number of aryl methyl sites for hydroxylation is 1. The maximum Gasteiger partial charge on any atom is 0.240 e. The Kier molecular flexibility index (Phi) is 4.21. The molecule has 5 nitrogen and oxygen atoms in total. The summed E-state index contributed by atoms with van der Waals surface area (Å²) in [5.41, 5.74) is 1.36. The Hall–Kier alpha value is -2.04. The zero-order chi connectivity index (χ0) is 15.6. The summed E-state index contributed by atoms with van der Waals surface area (Å²) in [6.45, 7) is 8.38. The molecule has 0 fully saturated rings. The van der Waals surface area contributed by atoms with Crippen LogP contribution < -0.4 is 10.1 Å². The Morgan fingerprint density at radius 1 is 1.38 bits per heavy atom. The lowest BCUT2D eigenvalue weighted by Gasteiger charge is -2.21. The topological polar surface area (TPSA) is 56.1 Å². The van der Waals surface area contributed by atoms with E-state index in [9.17, 15) is 4.79 Å². The lowest BCUT2D eigenvalue weighted by atomic mass is 9.89. The number of benzene rings is 1. The van der Waals surface area contributed by atoms with Crippen LogP contribution in [0.1, 0.15) is 34.1 Å². The molecule has 1 aromatic carbocycles. The minimum Gasteiger partial charge on any atom is -0.476 e. The second-order valence-corrected chi connectivity index (χ2v) is 5.79. The van der Waals surface area contributed by atoms with Crippen LogP contribution in [0.2, 0.25) is 0 Å². The summed E-state index contributed by atoms with van der Waals surface area (Å²) >= 11 is 0. The molecule has 1 amide bonds. The third kappa shape index (κ3) is 3.01. The van der Waals surface area contributed by atoms with E-state index in [0.717, 1.165) is 23.0 Å². The van der Waals surface area contributed by atoms with Gasteiger partial charge in [0.25, 0.3) is 0 Å². The Morgan fingerprint density at radius 2 is 2.10 bits per heavy atom. The molecule has 1 aromatic heterocycles. The van der Waals surface area contributed by atoms with E-state index in [1.807, 2.05) is 52.9 Å². The van der Waals surface area contributed by atoms with Crippen LogP contribution in [-0.2, 0) is 11.8 Å². The van der Waals surface area contributed by atoms with Gasteiger partial charge >= 0.3 is 0 Å². The smallest absolute Gasteiger partial charge is 0.240 e. The fourth-order valence-electron chi connectivity index (χ4n) is 2.02. The average molecular weight is 289 g/mol. The summed E-state index contributed by atoms with van der Waals surface area (Å²) in [4.78, 5) is 12.3. The van der Waals surface area contributed by atoms with Crippen LogP contribution in [0.5, 0.6) is 5.88 Å². The van der Waals surface area contributed by atoms with Crippen molar-refractivity contribution < 1.29 is 9.53 Å². The summed E-state index contributed by atoms with van der Waals surface area (Å²) in [7, 11) is 1.88. The van der Waals surface area contributed by atoms with E-state index in [0.29, 0.717) is 12.5 Å². The molecule has 0 aliphatic carbocycles. The highest BCUT2D eigenvalue weighted by molar-refractivity contribution is 5.97. The van der Waals surface area contributed by atoms with Gasteiger partial charge in [-0.3, -0.25) is 9.48 Å². The first-order valence-corrected chi connectivity index (χ1v) is 7.30. The molecule has 0 aliphatic rings. The number of nitrogens with zero attached hydrogens (tertiary/aromatic N) is 2. The predicted octanol–water partition coefficient (Wildman–Crippen LogP) is 3.35. The van der Waals surface area contributed by atoms with Gasteiger partial charge in [-0.05, 0) is 31.5 Å². The van der Waals surface area contributed by atoms with Gasteiger partial charge in [0.05, 0.1) is 17.5 Å². The molecule has 21 heavy (non-hydrogen) atoms. The number of aromatic nitrogens is 2. The van der Waals surface area contributed by atoms with Gasteiger partial charge in [0.1, 0.15) is 0 Å². The lowest BCUT2D eigenvalue weighted by Crippen LogP contribution is -2.29. The summed E-state index contributed by atoms with van der Waals surface area (Å²) < 4.78 is 7.32. The molecular weight excluding hydrogens is 266 g/mol. The van der Waals surface area contributed by atoms with Crippen LogP contribution >= 0.6 is 0 Å². The SMILES string of the molecule is CCOc1nn(C)c2ccc(NC(=O)C(C)(C)CC)cc12. The minimum absolute atomic E-state index is 0.0196. The molecule has 0 atom stereocenters. The number of amides is 1. The molecule has 1 N–H and O–H groups in total. The molecule has 5 heteroatoms. The largest absolute Gasteiger partial charge is 0.476 e. The zero-order valence-electron chi connectivity index (χ0n) is 13.4.